The van der Waals surface area contributed by atoms with Gasteiger partial charge in [-0.2, -0.15) is 0 Å². The zero-order chi connectivity index (χ0) is 9.14. The first-order valence-corrected chi connectivity index (χ1v) is 4.21. The van der Waals surface area contributed by atoms with E-state index >= 15 is 0 Å². The Morgan fingerprint density at radius 3 is 2.75 bits per heavy atom. The fraction of sp³-hybridized carbons (Fsp3) is 0.100. The highest BCUT2D eigenvalue weighted by atomic mass is 79.9. The highest BCUT2D eigenvalue weighted by Gasteiger charge is 2.02. The fourth-order valence-corrected chi connectivity index (χ4v) is 1.12. The van der Waals surface area contributed by atoms with Crippen LogP contribution in [-0.2, 0) is 0 Å². The lowest BCUT2D eigenvalue weighted by Crippen LogP contribution is -1.94. The summed E-state index contributed by atoms with van der Waals surface area (Å²) in [6.07, 6.45) is 4.98. The number of hydrogen-bond acceptors (Lipinski definition) is 1. The van der Waals surface area contributed by atoms with E-state index in [1.54, 1.807) is 12.1 Å². The monoisotopic (exact) mass is 222 g/mol. The molecule has 0 aliphatic rings. The molecule has 1 rings (SSSR count). The normalized spacial score (nSPS) is 9.08. The summed E-state index contributed by atoms with van der Waals surface area (Å²) >= 11 is 3.34. The van der Waals surface area contributed by atoms with Crippen LogP contribution in [0.4, 0.5) is 0 Å². The maximum atomic E-state index is 11.0. The molecule has 0 amide bonds. The SMILES string of the molecule is C#CC(=O)c1ccc(Br)c(C)c1. The van der Waals surface area contributed by atoms with E-state index in [4.69, 9.17) is 6.42 Å². The number of terminal acetylenes is 1. The summed E-state index contributed by atoms with van der Waals surface area (Å²) in [6.45, 7) is 1.91. The van der Waals surface area contributed by atoms with Gasteiger partial charge in [-0.05, 0) is 36.6 Å². The quantitative estimate of drug-likeness (QED) is 0.406. The van der Waals surface area contributed by atoms with Crippen LogP contribution < -0.4 is 0 Å². The van der Waals surface area contributed by atoms with Crippen LogP contribution in [0.3, 0.4) is 0 Å². The summed E-state index contributed by atoms with van der Waals surface area (Å²) in [4.78, 5) is 11.0. The predicted octanol–water partition coefficient (Wildman–Crippen LogP) is 2.57. The smallest absolute Gasteiger partial charge is 0.235 e. The molecule has 0 aliphatic heterocycles. The van der Waals surface area contributed by atoms with Crippen molar-refractivity contribution in [3.63, 3.8) is 0 Å². The molecule has 0 radical (unpaired) electrons. The summed E-state index contributed by atoms with van der Waals surface area (Å²) in [7, 11) is 0. The zero-order valence-electron chi connectivity index (χ0n) is 6.60. The lowest BCUT2D eigenvalue weighted by atomic mass is 10.1. The average Bonchev–Trinajstić information content (AvgIpc) is 2.08. The molecule has 1 aromatic rings. The van der Waals surface area contributed by atoms with Gasteiger partial charge in [0.05, 0.1) is 0 Å². The summed E-state index contributed by atoms with van der Waals surface area (Å²) in [6, 6.07) is 5.30. The minimum atomic E-state index is -0.273. The first-order valence-electron chi connectivity index (χ1n) is 3.42. The Bertz CT molecular complexity index is 361. The molecule has 12 heavy (non-hydrogen) atoms. The second kappa shape index (κ2) is 3.55. The van der Waals surface area contributed by atoms with Crippen molar-refractivity contribution in [1.29, 1.82) is 0 Å². The number of aryl methyl sites for hydroxylation is 1. The van der Waals surface area contributed by atoms with Crippen LogP contribution in [0.25, 0.3) is 0 Å². The van der Waals surface area contributed by atoms with E-state index in [9.17, 15) is 4.79 Å². The van der Waals surface area contributed by atoms with Gasteiger partial charge in [0.1, 0.15) is 0 Å². The molecule has 0 aromatic heterocycles. The lowest BCUT2D eigenvalue weighted by molar-refractivity contribution is 0.105. The molecule has 0 unspecified atom stereocenters. The maximum Gasteiger partial charge on any atom is 0.235 e. The Morgan fingerprint density at radius 1 is 1.58 bits per heavy atom. The average molecular weight is 223 g/mol. The molecule has 0 heterocycles. The third-order valence-corrected chi connectivity index (χ3v) is 2.44. The third-order valence-electron chi connectivity index (χ3n) is 1.55. The number of halogens is 1. The van der Waals surface area contributed by atoms with E-state index in [1.807, 2.05) is 13.0 Å². The van der Waals surface area contributed by atoms with E-state index in [1.165, 1.54) is 0 Å². The van der Waals surface area contributed by atoms with Crippen LogP contribution in [0.2, 0.25) is 0 Å². The van der Waals surface area contributed by atoms with Crippen LogP contribution >= 0.6 is 15.9 Å². The van der Waals surface area contributed by atoms with Crippen molar-refractivity contribution in [2.45, 2.75) is 6.92 Å². The van der Waals surface area contributed by atoms with Crippen LogP contribution in [0.1, 0.15) is 15.9 Å². The standard InChI is InChI=1S/C10H7BrO/c1-3-10(12)8-4-5-9(11)7(2)6-8/h1,4-6H,2H3. The molecule has 1 nitrogen and oxygen atoms in total. The number of Topliss-reactive ketones (excluding diaryl/α,β-unsaturated/α-hetero) is 1. The van der Waals surface area contributed by atoms with Crippen LogP contribution in [0.15, 0.2) is 22.7 Å². The van der Waals surface area contributed by atoms with Crippen molar-refractivity contribution in [2.24, 2.45) is 0 Å². The summed E-state index contributed by atoms with van der Waals surface area (Å²) < 4.78 is 0.982. The largest absolute Gasteiger partial charge is 0.279 e. The second-order valence-corrected chi connectivity index (χ2v) is 3.29. The van der Waals surface area contributed by atoms with Crippen molar-refractivity contribution in [3.8, 4) is 12.3 Å². The molecule has 0 spiro atoms. The number of ketones is 1. The van der Waals surface area contributed by atoms with E-state index in [2.05, 4.69) is 21.9 Å². The number of benzene rings is 1. The second-order valence-electron chi connectivity index (χ2n) is 2.44. The minimum Gasteiger partial charge on any atom is -0.279 e. The van der Waals surface area contributed by atoms with Gasteiger partial charge in [-0.1, -0.05) is 15.9 Å². The molecule has 2 heteroatoms. The fourth-order valence-electron chi connectivity index (χ4n) is 0.869. The summed E-state index contributed by atoms with van der Waals surface area (Å²) in [5.41, 5.74) is 1.58. The lowest BCUT2D eigenvalue weighted by Gasteiger charge is -1.98. The van der Waals surface area contributed by atoms with Crippen molar-refractivity contribution in [3.05, 3.63) is 33.8 Å². The molecule has 0 bridgehead atoms. The summed E-state index contributed by atoms with van der Waals surface area (Å²) in [5, 5.41) is 0. The Morgan fingerprint density at radius 2 is 2.25 bits per heavy atom. The topological polar surface area (TPSA) is 17.1 Å². The van der Waals surface area contributed by atoms with E-state index < -0.39 is 0 Å². The van der Waals surface area contributed by atoms with Crippen LogP contribution in [0.5, 0.6) is 0 Å². The Kier molecular flexibility index (Phi) is 2.67. The van der Waals surface area contributed by atoms with Gasteiger partial charge in [-0.15, -0.1) is 6.42 Å². The Hall–Kier alpha value is -1.07. The third kappa shape index (κ3) is 1.75. The van der Waals surface area contributed by atoms with Crippen LogP contribution in [-0.4, -0.2) is 5.78 Å². The minimum absolute atomic E-state index is 0.273. The van der Waals surface area contributed by atoms with Gasteiger partial charge in [0, 0.05) is 10.0 Å². The van der Waals surface area contributed by atoms with Gasteiger partial charge >= 0.3 is 0 Å². The van der Waals surface area contributed by atoms with Crippen LogP contribution in [0, 0.1) is 19.3 Å². The van der Waals surface area contributed by atoms with Crippen molar-refractivity contribution < 1.29 is 4.79 Å². The molecule has 1 aromatic carbocycles. The molecule has 0 saturated carbocycles. The first kappa shape index (κ1) is 9.02. The van der Waals surface area contributed by atoms with Gasteiger partial charge in [0.25, 0.3) is 0 Å². The van der Waals surface area contributed by atoms with Gasteiger partial charge < -0.3 is 0 Å². The molecule has 0 aliphatic carbocycles. The highest BCUT2D eigenvalue weighted by Crippen LogP contribution is 2.17. The molecule has 0 saturated heterocycles. The molecule has 0 atom stereocenters. The van der Waals surface area contributed by atoms with Crippen molar-refractivity contribution in [2.75, 3.05) is 0 Å². The Balaban J connectivity index is 3.15. The van der Waals surface area contributed by atoms with Crippen molar-refractivity contribution in [1.82, 2.24) is 0 Å². The molecular formula is C10H7BrO. The maximum absolute atomic E-state index is 11.0. The van der Waals surface area contributed by atoms with E-state index in [0.29, 0.717) is 5.56 Å². The molecule has 0 N–H and O–H groups in total. The number of carbonyl (C=O) groups excluding carboxylic acids is 1. The van der Waals surface area contributed by atoms with E-state index in [0.717, 1.165) is 10.0 Å². The first-order chi connectivity index (χ1) is 5.65. The van der Waals surface area contributed by atoms with Crippen molar-refractivity contribution >= 4 is 21.7 Å². The molecule has 60 valence electrons. The van der Waals surface area contributed by atoms with Gasteiger partial charge in [0.15, 0.2) is 0 Å². The highest BCUT2D eigenvalue weighted by molar-refractivity contribution is 9.10. The predicted molar refractivity (Wildman–Crippen MR) is 52.0 cm³/mol. The number of carbonyl (C=O) groups is 1. The Labute approximate surface area is 79.9 Å². The zero-order valence-corrected chi connectivity index (χ0v) is 8.18. The molecule has 0 fully saturated rings. The van der Waals surface area contributed by atoms with Gasteiger partial charge in [-0.25, -0.2) is 0 Å². The number of hydrogen-bond donors (Lipinski definition) is 0. The number of rotatable bonds is 1. The van der Waals surface area contributed by atoms with Gasteiger partial charge in [-0.3, -0.25) is 4.79 Å². The summed E-state index contributed by atoms with van der Waals surface area (Å²) in [5.74, 6) is 1.80. The van der Waals surface area contributed by atoms with Gasteiger partial charge in [0.2, 0.25) is 5.78 Å². The van der Waals surface area contributed by atoms with E-state index in [-0.39, 0.29) is 5.78 Å². The molecular weight excluding hydrogens is 216 g/mol.